The van der Waals surface area contributed by atoms with Crippen LogP contribution in [-0.2, 0) is 4.79 Å². The van der Waals surface area contributed by atoms with E-state index in [0.29, 0.717) is 9.88 Å². The molecule has 2 amide bonds. The first-order chi connectivity index (χ1) is 11.9. The summed E-state index contributed by atoms with van der Waals surface area (Å²) in [6.07, 6.45) is 0. The lowest BCUT2D eigenvalue weighted by Gasteiger charge is -2.16. The maximum absolute atomic E-state index is 12.8. The van der Waals surface area contributed by atoms with Gasteiger partial charge in [-0.15, -0.1) is 11.3 Å². The van der Waals surface area contributed by atoms with E-state index in [1.54, 1.807) is 0 Å². The summed E-state index contributed by atoms with van der Waals surface area (Å²) in [5, 5.41) is 11.0. The molecule has 0 saturated carbocycles. The maximum atomic E-state index is 12.8. The minimum atomic E-state index is -0.486. The number of thiophene rings is 1. The van der Waals surface area contributed by atoms with E-state index in [9.17, 15) is 9.59 Å². The fraction of sp³-hybridized carbons (Fsp3) is 0.526. The Morgan fingerprint density at radius 3 is 2.27 bits per heavy atom. The van der Waals surface area contributed by atoms with Gasteiger partial charge >= 0.3 is 0 Å². The Kier molecular flexibility index (Phi) is 5.61. The summed E-state index contributed by atoms with van der Waals surface area (Å²) in [5.41, 5.74) is 2.82. The molecule has 2 rings (SSSR count). The summed E-state index contributed by atoms with van der Waals surface area (Å²) >= 11 is 1.28. The number of hydrogen-bond donors (Lipinski definition) is 2. The Balaban J connectivity index is 2.23. The van der Waals surface area contributed by atoms with Crippen LogP contribution in [0.4, 0.5) is 10.7 Å². The molecule has 2 aromatic rings. The zero-order valence-corrected chi connectivity index (χ0v) is 17.6. The summed E-state index contributed by atoms with van der Waals surface area (Å²) in [4.78, 5) is 25.5. The van der Waals surface area contributed by atoms with Crippen LogP contribution in [0.15, 0.2) is 6.07 Å². The van der Waals surface area contributed by atoms with E-state index in [1.807, 2.05) is 52.3 Å². The third-order valence-corrected chi connectivity index (χ3v) is 5.25. The highest BCUT2D eigenvalue weighted by Crippen LogP contribution is 2.30. The molecule has 2 N–H and O–H groups in total. The second-order valence-electron chi connectivity index (χ2n) is 7.87. The lowest BCUT2D eigenvalue weighted by Crippen LogP contribution is -2.27. The van der Waals surface area contributed by atoms with Gasteiger partial charge in [0.15, 0.2) is 0 Å². The highest BCUT2D eigenvalue weighted by atomic mass is 32.1. The highest BCUT2D eigenvalue weighted by Gasteiger charge is 2.24. The predicted octanol–water partition coefficient (Wildman–Crippen LogP) is 4.69. The van der Waals surface area contributed by atoms with Crippen LogP contribution in [0.25, 0.3) is 0 Å². The van der Waals surface area contributed by atoms with E-state index in [0.717, 1.165) is 22.6 Å². The summed E-state index contributed by atoms with van der Waals surface area (Å²) in [5.74, 6) is -0.256. The van der Waals surface area contributed by atoms with Crippen LogP contribution >= 0.6 is 11.3 Å². The first kappa shape index (κ1) is 20.2. The number of amides is 2. The Morgan fingerprint density at radius 2 is 1.77 bits per heavy atom. The van der Waals surface area contributed by atoms with E-state index < -0.39 is 5.41 Å². The molecule has 0 spiro atoms. The molecule has 0 atom stereocenters. The van der Waals surface area contributed by atoms with Gasteiger partial charge in [-0.2, -0.15) is 5.10 Å². The summed E-state index contributed by atoms with van der Waals surface area (Å²) in [7, 11) is 0. The van der Waals surface area contributed by atoms with Crippen LogP contribution in [0.3, 0.4) is 0 Å². The molecule has 0 aliphatic heterocycles. The molecule has 142 valence electrons. The molecule has 0 radical (unpaired) electrons. The minimum Gasteiger partial charge on any atom is -0.318 e. The quantitative estimate of drug-likeness (QED) is 0.813. The average molecular weight is 377 g/mol. The van der Waals surface area contributed by atoms with E-state index in [4.69, 9.17) is 0 Å². The van der Waals surface area contributed by atoms with Crippen molar-refractivity contribution in [2.75, 3.05) is 10.6 Å². The molecule has 0 aliphatic rings. The molecule has 2 aromatic heterocycles. The van der Waals surface area contributed by atoms with Gasteiger partial charge in [0.2, 0.25) is 5.91 Å². The van der Waals surface area contributed by atoms with Crippen LogP contribution in [-0.4, -0.2) is 21.6 Å². The van der Waals surface area contributed by atoms with Gasteiger partial charge in [-0.1, -0.05) is 20.8 Å². The number of hydrogen-bond acceptors (Lipinski definition) is 4. The van der Waals surface area contributed by atoms with Gasteiger partial charge in [-0.05, 0) is 46.2 Å². The van der Waals surface area contributed by atoms with Crippen molar-refractivity contribution in [2.24, 2.45) is 5.41 Å². The van der Waals surface area contributed by atoms with E-state index in [-0.39, 0.29) is 17.9 Å². The SMILES string of the molecule is Cc1cc(NC(=O)C(C)(C)C)sc1C(=O)Nc1c(C)nn(C(C)C)c1C. The summed E-state index contributed by atoms with van der Waals surface area (Å²) in [6, 6.07) is 2.06. The van der Waals surface area contributed by atoms with Crippen LogP contribution < -0.4 is 10.6 Å². The zero-order chi connectivity index (χ0) is 19.8. The molecule has 6 nitrogen and oxygen atoms in total. The molecule has 0 saturated heterocycles. The number of nitrogens with zero attached hydrogens (tertiary/aromatic N) is 2. The van der Waals surface area contributed by atoms with Gasteiger partial charge in [0.05, 0.1) is 27.0 Å². The van der Waals surface area contributed by atoms with Crippen molar-refractivity contribution >= 4 is 33.8 Å². The molecule has 0 aromatic carbocycles. The molecule has 26 heavy (non-hydrogen) atoms. The largest absolute Gasteiger partial charge is 0.318 e. The van der Waals surface area contributed by atoms with Crippen molar-refractivity contribution in [1.82, 2.24) is 9.78 Å². The van der Waals surface area contributed by atoms with Crippen LogP contribution in [0, 0.1) is 26.2 Å². The first-order valence-corrected chi connectivity index (χ1v) is 9.52. The van der Waals surface area contributed by atoms with Gasteiger partial charge < -0.3 is 10.6 Å². The predicted molar refractivity (Wildman–Crippen MR) is 107 cm³/mol. The monoisotopic (exact) mass is 376 g/mol. The standard InChI is InChI=1S/C19H28N4O2S/c1-10(2)23-13(5)15(12(4)22-23)21-17(24)16-11(3)9-14(26-16)20-18(25)19(6,7)8/h9-10H,1-8H3,(H,20,25)(H,21,24). The van der Waals surface area contributed by atoms with E-state index in [1.165, 1.54) is 11.3 Å². The van der Waals surface area contributed by atoms with Crippen LogP contribution in [0.5, 0.6) is 0 Å². The first-order valence-electron chi connectivity index (χ1n) is 8.70. The topological polar surface area (TPSA) is 76.0 Å². The molecule has 0 fully saturated rings. The maximum Gasteiger partial charge on any atom is 0.266 e. The van der Waals surface area contributed by atoms with E-state index in [2.05, 4.69) is 29.6 Å². The van der Waals surface area contributed by atoms with Crippen molar-refractivity contribution in [1.29, 1.82) is 0 Å². The summed E-state index contributed by atoms with van der Waals surface area (Å²) < 4.78 is 1.90. The Labute approximate surface area is 159 Å². The molecule has 7 heteroatoms. The molecular weight excluding hydrogens is 348 g/mol. The van der Waals surface area contributed by atoms with Gasteiger partial charge in [0.25, 0.3) is 5.91 Å². The number of aryl methyl sites for hydroxylation is 2. The Hall–Kier alpha value is -2.15. The lowest BCUT2D eigenvalue weighted by molar-refractivity contribution is -0.123. The van der Waals surface area contributed by atoms with Crippen LogP contribution in [0.1, 0.15) is 67.3 Å². The number of nitrogens with one attached hydrogen (secondary N) is 2. The summed E-state index contributed by atoms with van der Waals surface area (Å²) in [6.45, 7) is 15.4. The second kappa shape index (κ2) is 7.23. The lowest BCUT2D eigenvalue weighted by atomic mass is 9.96. The molecular formula is C19H28N4O2S. The second-order valence-corrected chi connectivity index (χ2v) is 8.92. The van der Waals surface area contributed by atoms with Crippen molar-refractivity contribution in [3.05, 3.63) is 27.9 Å². The van der Waals surface area contributed by atoms with Crippen LogP contribution in [0.2, 0.25) is 0 Å². The fourth-order valence-electron chi connectivity index (χ4n) is 2.59. The van der Waals surface area contributed by atoms with Crippen molar-refractivity contribution in [3.63, 3.8) is 0 Å². The van der Waals surface area contributed by atoms with E-state index >= 15 is 0 Å². The normalized spacial score (nSPS) is 11.7. The number of carbonyl (C=O) groups is 2. The highest BCUT2D eigenvalue weighted by molar-refractivity contribution is 7.18. The number of carbonyl (C=O) groups excluding carboxylic acids is 2. The van der Waals surface area contributed by atoms with Gasteiger partial charge in [0, 0.05) is 11.5 Å². The molecule has 0 bridgehead atoms. The average Bonchev–Trinajstić information content (AvgIpc) is 3.00. The third-order valence-electron chi connectivity index (χ3n) is 4.09. The van der Waals surface area contributed by atoms with Gasteiger partial charge in [0.1, 0.15) is 0 Å². The Bertz CT molecular complexity index is 841. The molecule has 2 heterocycles. The fourth-order valence-corrected chi connectivity index (χ4v) is 3.55. The van der Waals surface area contributed by atoms with Crippen molar-refractivity contribution in [2.45, 2.75) is 61.4 Å². The van der Waals surface area contributed by atoms with Crippen molar-refractivity contribution < 1.29 is 9.59 Å². The minimum absolute atomic E-state index is 0.0735. The number of rotatable bonds is 4. The zero-order valence-electron chi connectivity index (χ0n) is 16.8. The third kappa shape index (κ3) is 4.15. The molecule has 0 unspecified atom stereocenters. The smallest absolute Gasteiger partial charge is 0.266 e. The van der Waals surface area contributed by atoms with Gasteiger partial charge in [-0.25, -0.2) is 0 Å². The molecule has 0 aliphatic carbocycles. The number of aromatic nitrogens is 2. The van der Waals surface area contributed by atoms with Crippen molar-refractivity contribution in [3.8, 4) is 0 Å². The number of anilines is 2. The van der Waals surface area contributed by atoms with Gasteiger partial charge in [-0.3, -0.25) is 14.3 Å². The Morgan fingerprint density at radius 1 is 1.15 bits per heavy atom.